The smallest absolute Gasteiger partial charge is 0.0945 e. The van der Waals surface area contributed by atoms with Crippen molar-refractivity contribution in [2.24, 2.45) is 0 Å². The first-order valence-electron chi connectivity index (χ1n) is 3.85. The molecule has 12 heavy (non-hydrogen) atoms. The van der Waals surface area contributed by atoms with Crippen LogP contribution in [0.5, 0.6) is 0 Å². The number of rotatable bonds is 3. The van der Waals surface area contributed by atoms with Crippen LogP contribution in [0.3, 0.4) is 0 Å². The average Bonchev–Trinajstić information content (AvgIpc) is 2.50. The molecular formula is C7H13N3O2. The lowest BCUT2D eigenvalue weighted by atomic mass is 10.3. The maximum atomic E-state index is 9.26. The molecule has 0 radical (unpaired) electrons. The van der Waals surface area contributed by atoms with E-state index in [9.17, 15) is 5.11 Å². The second-order valence-electron chi connectivity index (χ2n) is 2.81. The quantitative estimate of drug-likeness (QED) is 0.665. The van der Waals surface area contributed by atoms with E-state index in [1.807, 2.05) is 0 Å². The largest absolute Gasteiger partial charge is 0.394 e. The fraction of sp³-hybridized carbons (Fsp3) is 0.714. The Labute approximate surface area is 70.6 Å². The Morgan fingerprint density at radius 2 is 2.25 bits per heavy atom. The van der Waals surface area contributed by atoms with Crippen LogP contribution in [0, 0.1) is 0 Å². The molecule has 0 aromatic carbocycles. The van der Waals surface area contributed by atoms with Crippen LogP contribution in [0.15, 0.2) is 6.20 Å². The summed E-state index contributed by atoms with van der Waals surface area (Å²) in [5.74, 6) is 0. The minimum atomic E-state index is -0.603. The second kappa shape index (κ2) is 3.64. The van der Waals surface area contributed by atoms with Gasteiger partial charge in [-0.3, -0.25) is 0 Å². The lowest BCUT2D eigenvalue weighted by molar-refractivity contribution is 0.171. The third-order valence-electron chi connectivity index (χ3n) is 1.71. The predicted molar refractivity (Wildman–Crippen MR) is 42.5 cm³/mol. The molecule has 0 aliphatic rings. The summed E-state index contributed by atoms with van der Waals surface area (Å²) in [5.41, 5.74) is 0.622. The van der Waals surface area contributed by atoms with Gasteiger partial charge in [-0.05, 0) is 13.8 Å². The first kappa shape index (κ1) is 9.15. The van der Waals surface area contributed by atoms with Crippen LogP contribution in [0.25, 0.3) is 0 Å². The summed E-state index contributed by atoms with van der Waals surface area (Å²) in [5, 5.41) is 25.5. The van der Waals surface area contributed by atoms with Gasteiger partial charge in [-0.1, -0.05) is 5.21 Å². The Balaban J connectivity index is 2.91. The van der Waals surface area contributed by atoms with Crippen LogP contribution >= 0.6 is 0 Å². The van der Waals surface area contributed by atoms with E-state index in [2.05, 4.69) is 10.3 Å². The Morgan fingerprint density at radius 3 is 2.75 bits per heavy atom. The molecule has 1 unspecified atom stereocenters. The molecule has 0 fully saturated rings. The molecule has 0 saturated heterocycles. The SMILES string of the molecule is CC(CO)n1nncc1[C@H](C)O. The summed E-state index contributed by atoms with van der Waals surface area (Å²) >= 11 is 0. The highest BCUT2D eigenvalue weighted by molar-refractivity contribution is 4.98. The third-order valence-corrected chi connectivity index (χ3v) is 1.71. The number of hydrogen-bond donors (Lipinski definition) is 2. The van der Waals surface area contributed by atoms with Gasteiger partial charge in [-0.15, -0.1) is 5.10 Å². The Kier molecular flexibility index (Phi) is 2.78. The lowest BCUT2D eigenvalue weighted by Crippen LogP contribution is -2.15. The van der Waals surface area contributed by atoms with Crippen molar-refractivity contribution in [1.82, 2.24) is 15.0 Å². The lowest BCUT2D eigenvalue weighted by Gasteiger charge is -2.12. The average molecular weight is 171 g/mol. The Morgan fingerprint density at radius 1 is 1.58 bits per heavy atom. The normalized spacial score (nSPS) is 16.0. The van der Waals surface area contributed by atoms with Gasteiger partial charge in [0.2, 0.25) is 0 Å². The molecule has 1 aromatic rings. The van der Waals surface area contributed by atoms with Crippen LogP contribution < -0.4 is 0 Å². The van der Waals surface area contributed by atoms with Crippen molar-refractivity contribution < 1.29 is 10.2 Å². The highest BCUT2D eigenvalue weighted by Crippen LogP contribution is 2.13. The van der Waals surface area contributed by atoms with Gasteiger partial charge in [-0.2, -0.15) is 0 Å². The molecule has 5 nitrogen and oxygen atoms in total. The zero-order valence-corrected chi connectivity index (χ0v) is 7.18. The van der Waals surface area contributed by atoms with Crippen molar-refractivity contribution in [2.75, 3.05) is 6.61 Å². The van der Waals surface area contributed by atoms with Gasteiger partial charge in [-0.25, -0.2) is 4.68 Å². The number of aliphatic hydroxyl groups is 2. The number of aliphatic hydroxyl groups excluding tert-OH is 2. The summed E-state index contributed by atoms with van der Waals surface area (Å²) in [6.07, 6.45) is 0.894. The van der Waals surface area contributed by atoms with Crippen molar-refractivity contribution in [3.05, 3.63) is 11.9 Å². The van der Waals surface area contributed by atoms with E-state index in [0.29, 0.717) is 5.69 Å². The van der Waals surface area contributed by atoms with E-state index < -0.39 is 6.10 Å². The molecule has 0 bridgehead atoms. The molecule has 68 valence electrons. The van der Waals surface area contributed by atoms with Crippen molar-refractivity contribution in [2.45, 2.75) is 26.0 Å². The first-order chi connectivity index (χ1) is 5.66. The molecule has 2 atom stereocenters. The molecule has 1 heterocycles. The van der Waals surface area contributed by atoms with Gasteiger partial charge < -0.3 is 10.2 Å². The van der Waals surface area contributed by atoms with Crippen LogP contribution in [0.2, 0.25) is 0 Å². The van der Waals surface area contributed by atoms with Gasteiger partial charge in [0.25, 0.3) is 0 Å². The molecule has 0 saturated carbocycles. The van der Waals surface area contributed by atoms with Crippen molar-refractivity contribution in [1.29, 1.82) is 0 Å². The summed E-state index contributed by atoms with van der Waals surface area (Å²) < 4.78 is 1.52. The van der Waals surface area contributed by atoms with Gasteiger partial charge in [0.15, 0.2) is 0 Å². The summed E-state index contributed by atoms with van der Waals surface area (Å²) in [6, 6.07) is -0.142. The molecule has 1 rings (SSSR count). The molecule has 5 heteroatoms. The molecule has 0 amide bonds. The topological polar surface area (TPSA) is 71.2 Å². The summed E-state index contributed by atoms with van der Waals surface area (Å²) in [7, 11) is 0. The van der Waals surface area contributed by atoms with Gasteiger partial charge in [0, 0.05) is 0 Å². The Hall–Kier alpha value is -0.940. The van der Waals surface area contributed by atoms with E-state index in [-0.39, 0.29) is 12.6 Å². The molecule has 1 aromatic heterocycles. The minimum Gasteiger partial charge on any atom is -0.394 e. The number of aromatic nitrogens is 3. The maximum Gasteiger partial charge on any atom is 0.0945 e. The molecular weight excluding hydrogens is 158 g/mol. The minimum absolute atomic E-state index is 0.0108. The van der Waals surface area contributed by atoms with Crippen molar-refractivity contribution in [3.63, 3.8) is 0 Å². The van der Waals surface area contributed by atoms with Gasteiger partial charge in [0.1, 0.15) is 0 Å². The van der Waals surface area contributed by atoms with E-state index >= 15 is 0 Å². The number of nitrogens with zero attached hydrogens (tertiary/aromatic N) is 3. The first-order valence-corrected chi connectivity index (χ1v) is 3.85. The van der Waals surface area contributed by atoms with E-state index in [1.165, 1.54) is 10.9 Å². The summed E-state index contributed by atoms with van der Waals surface area (Å²) in [4.78, 5) is 0. The zero-order chi connectivity index (χ0) is 9.14. The predicted octanol–water partition coefficient (Wildman–Crippen LogP) is -0.115. The molecule has 2 N–H and O–H groups in total. The number of hydrogen-bond acceptors (Lipinski definition) is 4. The van der Waals surface area contributed by atoms with Crippen molar-refractivity contribution in [3.8, 4) is 0 Å². The van der Waals surface area contributed by atoms with Crippen molar-refractivity contribution >= 4 is 0 Å². The van der Waals surface area contributed by atoms with Crippen LogP contribution in [0.4, 0.5) is 0 Å². The Bertz CT molecular complexity index is 247. The molecule has 0 aliphatic carbocycles. The standard InChI is InChI=1S/C7H13N3O2/c1-5(4-11)10-7(6(2)12)3-8-9-10/h3,5-6,11-12H,4H2,1-2H3/t5?,6-/m0/s1. The highest BCUT2D eigenvalue weighted by atomic mass is 16.3. The third kappa shape index (κ3) is 1.62. The molecule has 0 spiro atoms. The van der Waals surface area contributed by atoms with Crippen LogP contribution in [-0.4, -0.2) is 31.8 Å². The second-order valence-corrected chi connectivity index (χ2v) is 2.81. The fourth-order valence-electron chi connectivity index (χ4n) is 0.971. The highest BCUT2D eigenvalue weighted by Gasteiger charge is 2.13. The van der Waals surface area contributed by atoms with Crippen LogP contribution in [0.1, 0.15) is 31.7 Å². The monoisotopic (exact) mass is 171 g/mol. The fourth-order valence-corrected chi connectivity index (χ4v) is 0.971. The summed E-state index contributed by atoms with van der Waals surface area (Å²) in [6.45, 7) is 3.43. The van der Waals surface area contributed by atoms with Crippen LogP contribution in [-0.2, 0) is 0 Å². The van der Waals surface area contributed by atoms with E-state index in [1.54, 1.807) is 13.8 Å². The maximum absolute atomic E-state index is 9.26. The van der Waals surface area contributed by atoms with E-state index in [4.69, 9.17) is 5.11 Å². The molecule has 0 aliphatic heterocycles. The van der Waals surface area contributed by atoms with Gasteiger partial charge in [0.05, 0.1) is 30.6 Å². The van der Waals surface area contributed by atoms with E-state index in [0.717, 1.165) is 0 Å². The zero-order valence-electron chi connectivity index (χ0n) is 7.18. The van der Waals surface area contributed by atoms with Gasteiger partial charge >= 0.3 is 0 Å².